The molecule has 4 nitrogen and oxygen atoms in total. The summed E-state index contributed by atoms with van der Waals surface area (Å²) < 4.78 is 0. The van der Waals surface area contributed by atoms with Crippen LogP contribution in [0.15, 0.2) is 48.5 Å². The van der Waals surface area contributed by atoms with E-state index in [0.717, 1.165) is 18.5 Å². The first-order valence-corrected chi connectivity index (χ1v) is 7.66. The van der Waals surface area contributed by atoms with Crippen molar-refractivity contribution in [1.82, 2.24) is 10.6 Å². The molecule has 0 aromatic heterocycles. The number of nitrogens with one attached hydrogen (secondary N) is 2. The molecule has 1 aliphatic heterocycles. The van der Waals surface area contributed by atoms with Gasteiger partial charge in [0.2, 0.25) is 0 Å². The lowest BCUT2D eigenvalue weighted by atomic mass is 9.94. The van der Waals surface area contributed by atoms with Gasteiger partial charge in [-0.25, -0.2) is 0 Å². The first-order chi connectivity index (χ1) is 10.8. The smallest absolute Gasteiger partial charge is 0.251 e. The van der Waals surface area contributed by atoms with E-state index in [9.17, 15) is 4.79 Å². The number of fused-ring (bicyclic) bond motifs is 1. The number of hydrogen-bond donors (Lipinski definition) is 3. The summed E-state index contributed by atoms with van der Waals surface area (Å²) in [4.78, 5) is 12.2. The molecule has 3 rings (SSSR count). The summed E-state index contributed by atoms with van der Waals surface area (Å²) in [5.74, 6) is -0.0478. The van der Waals surface area contributed by atoms with Gasteiger partial charge in [0, 0.05) is 24.7 Å². The van der Waals surface area contributed by atoms with E-state index in [4.69, 9.17) is 5.73 Å². The molecule has 2 aromatic rings. The first-order valence-electron chi connectivity index (χ1n) is 7.66. The number of carbonyl (C=O) groups excluding carboxylic acids is 1. The summed E-state index contributed by atoms with van der Waals surface area (Å²) in [5.41, 5.74) is 9.92. The van der Waals surface area contributed by atoms with Gasteiger partial charge in [0.05, 0.1) is 0 Å². The molecule has 0 spiro atoms. The molecule has 4 N–H and O–H groups in total. The molecule has 0 saturated heterocycles. The van der Waals surface area contributed by atoms with E-state index >= 15 is 0 Å². The molecule has 0 radical (unpaired) electrons. The lowest BCUT2D eigenvalue weighted by Gasteiger charge is -2.27. The van der Waals surface area contributed by atoms with E-state index in [0.29, 0.717) is 18.7 Å². The summed E-state index contributed by atoms with van der Waals surface area (Å²) in [6.07, 6.45) is 1.04. The highest BCUT2D eigenvalue weighted by atomic mass is 16.1. The van der Waals surface area contributed by atoms with Gasteiger partial charge in [-0.2, -0.15) is 0 Å². The van der Waals surface area contributed by atoms with Gasteiger partial charge in [0.15, 0.2) is 0 Å². The molecule has 114 valence electrons. The lowest BCUT2D eigenvalue weighted by Crippen LogP contribution is -2.38. The average molecular weight is 295 g/mol. The van der Waals surface area contributed by atoms with Crippen molar-refractivity contribution in [2.75, 3.05) is 13.1 Å². The second kappa shape index (κ2) is 6.73. The standard InChI is InChI=1S/C18H21N3O/c19-11-13-5-7-15(8-6-13)18(22)21-12-17-16-4-2-1-3-14(16)9-10-20-17/h1-8,17,20H,9-12,19H2,(H,21,22). The molecule has 0 aliphatic carbocycles. The van der Waals surface area contributed by atoms with Crippen molar-refractivity contribution in [3.05, 3.63) is 70.8 Å². The number of benzene rings is 2. The van der Waals surface area contributed by atoms with E-state index in [1.54, 1.807) is 0 Å². The monoisotopic (exact) mass is 295 g/mol. The van der Waals surface area contributed by atoms with E-state index in [1.165, 1.54) is 11.1 Å². The van der Waals surface area contributed by atoms with Crippen molar-refractivity contribution in [3.63, 3.8) is 0 Å². The van der Waals surface area contributed by atoms with Gasteiger partial charge in [-0.1, -0.05) is 36.4 Å². The Morgan fingerprint density at radius 2 is 1.95 bits per heavy atom. The molecule has 0 saturated carbocycles. The molecule has 1 heterocycles. The summed E-state index contributed by atoms with van der Waals surface area (Å²) in [6.45, 7) is 2.03. The Morgan fingerprint density at radius 1 is 1.18 bits per heavy atom. The molecule has 0 bridgehead atoms. The molecule has 22 heavy (non-hydrogen) atoms. The zero-order valence-electron chi connectivity index (χ0n) is 12.5. The summed E-state index contributed by atoms with van der Waals surface area (Å²) >= 11 is 0. The van der Waals surface area contributed by atoms with Crippen LogP contribution < -0.4 is 16.4 Å². The Kier molecular flexibility index (Phi) is 4.51. The van der Waals surface area contributed by atoms with Crippen LogP contribution in [0.2, 0.25) is 0 Å². The summed E-state index contributed by atoms with van der Waals surface area (Å²) in [6, 6.07) is 16.0. The largest absolute Gasteiger partial charge is 0.350 e. The maximum absolute atomic E-state index is 12.2. The van der Waals surface area contributed by atoms with Gasteiger partial charge in [-0.3, -0.25) is 4.79 Å². The zero-order valence-corrected chi connectivity index (χ0v) is 12.5. The van der Waals surface area contributed by atoms with Gasteiger partial charge >= 0.3 is 0 Å². The van der Waals surface area contributed by atoms with Crippen molar-refractivity contribution in [1.29, 1.82) is 0 Å². The normalized spacial score (nSPS) is 16.9. The van der Waals surface area contributed by atoms with E-state index in [2.05, 4.69) is 28.8 Å². The predicted octanol–water partition coefficient (Wildman–Crippen LogP) is 1.76. The fourth-order valence-electron chi connectivity index (χ4n) is 2.86. The second-order valence-electron chi connectivity index (χ2n) is 5.57. The Morgan fingerprint density at radius 3 is 2.73 bits per heavy atom. The third-order valence-electron chi connectivity index (χ3n) is 4.13. The number of nitrogens with two attached hydrogens (primary N) is 1. The summed E-state index contributed by atoms with van der Waals surface area (Å²) in [7, 11) is 0. The minimum Gasteiger partial charge on any atom is -0.350 e. The SMILES string of the molecule is NCc1ccc(C(=O)NCC2NCCc3ccccc32)cc1. The Bertz CT molecular complexity index is 652. The van der Waals surface area contributed by atoms with Crippen molar-refractivity contribution < 1.29 is 4.79 Å². The predicted molar refractivity (Wildman–Crippen MR) is 87.6 cm³/mol. The van der Waals surface area contributed by atoms with Crippen LogP contribution in [0, 0.1) is 0 Å². The van der Waals surface area contributed by atoms with Gasteiger partial charge in [0.1, 0.15) is 0 Å². The maximum atomic E-state index is 12.2. The molecule has 1 atom stereocenters. The number of amides is 1. The molecule has 1 amide bonds. The fourth-order valence-corrected chi connectivity index (χ4v) is 2.86. The van der Waals surface area contributed by atoms with Gasteiger partial charge < -0.3 is 16.4 Å². The Labute approximate surface area is 130 Å². The van der Waals surface area contributed by atoms with Crippen LogP contribution in [0.4, 0.5) is 0 Å². The molecular weight excluding hydrogens is 274 g/mol. The third-order valence-corrected chi connectivity index (χ3v) is 4.13. The Hall–Kier alpha value is -2.17. The van der Waals surface area contributed by atoms with Gasteiger partial charge in [-0.15, -0.1) is 0 Å². The highest BCUT2D eigenvalue weighted by Crippen LogP contribution is 2.21. The van der Waals surface area contributed by atoms with Crippen molar-refractivity contribution >= 4 is 5.91 Å². The van der Waals surface area contributed by atoms with Crippen molar-refractivity contribution in [2.24, 2.45) is 5.73 Å². The van der Waals surface area contributed by atoms with Crippen LogP contribution in [0.3, 0.4) is 0 Å². The van der Waals surface area contributed by atoms with Crippen LogP contribution >= 0.6 is 0 Å². The second-order valence-corrected chi connectivity index (χ2v) is 5.57. The summed E-state index contributed by atoms with van der Waals surface area (Å²) in [5, 5.41) is 6.48. The quantitative estimate of drug-likeness (QED) is 0.805. The molecule has 4 heteroatoms. The highest BCUT2D eigenvalue weighted by Gasteiger charge is 2.19. The van der Waals surface area contributed by atoms with E-state index < -0.39 is 0 Å². The van der Waals surface area contributed by atoms with Crippen molar-refractivity contribution in [2.45, 2.75) is 19.0 Å². The minimum absolute atomic E-state index is 0.0478. The van der Waals surface area contributed by atoms with Crippen LogP contribution in [-0.2, 0) is 13.0 Å². The van der Waals surface area contributed by atoms with Gasteiger partial charge in [0.25, 0.3) is 5.91 Å². The molecule has 0 fully saturated rings. The molecular formula is C18H21N3O. The fraction of sp³-hybridized carbons (Fsp3) is 0.278. The topological polar surface area (TPSA) is 67.2 Å². The third kappa shape index (κ3) is 3.18. The lowest BCUT2D eigenvalue weighted by molar-refractivity contribution is 0.0949. The van der Waals surface area contributed by atoms with E-state index in [1.807, 2.05) is 30.3 Å². The van der Waals surface area contributed by atoms with E-state index in [-0.39, 0.29) is 11.9 Å². The first kappa shape index (κ1) is 14.8. The van der Waals surface area contributed by atoms with Gasteiger partial charge in [-0.05, 0) is 41.8 Å². The number of hydrogen-bond acceptors (Lipinski definition) is 3. The maximum Gasteiger partial charge on any atom is 0.251 e. The molecule has 1 aliphatic rings. The van der Waals surface area contributed by atoms with Crippen LogP contribution in [0.1, 0.15) is 33.1 Å². The number of rotatable bonds is 4. The number of carbonyl (C=O) groups is 1. The molecule has 2 aromatic carbocycles. The highest BCUT2D eigenvalue weighted by molar-refractivity contribution is 5.94. The van der Waals surface area contributed by atoms with Crippen LogP contribution in [-0.4, -0.2) is 19.0 Å². The minimum atomic E-state index is -0.0478. The van der Waals surface area contributed by atoms with Crippen molar-refractivity contribution in [3.8, 4) is 0 Å². The molecule has 1 unspecified atom stereocenters. The van der Waals surface area contributed by atoms with Crippen LogP contribution in [0.25, 0.3) is 0 Å². The average Bonchev–Trinajstić information content (AvgIpc) is 2.59. The Balaban J connectivity index is 1.64. The zero-order chi connectivity index (χ0) is 15.4. The van der Waals surface area contributed by atoms with Crippen LogP contribution in [0.5, 0.6) is 0 Å².